The van der Waals surface area contributed by atoms with Crippen LogP contribution in [0.3, 0.4) is 0 Å². The molecule has 4 saturated carbocycles. The Labute approximate surface area is 327 Å². The highest BCUT2D eigenvalue weighted by Gasteiger charge is 2.67. The molecule has 2 N–H and O–H groups in total. The summed E-state index contributed by atoms with van der Waals surface area (Å²) in [5.41, 5.74) is 0.933. The second-order valence-electron chi connectivity index (χ2n) is 20.5. The highest BCUT2D eigenvalue weighted by atomic mass is 16.7. The number of ether oxygens (including phenoxy) is 2. The molecule has 302 valence electrons. The molecule has 0 aromatic heterocycles. The minimum Gasteiger partial charge on any atom is -0.449 e. The Morgan fingerprint density at radius 2 is 1.65 bits per heavy atom. The molecule has 8 atom stereocenters. The molecule has 1 aromatic carbocycles. The molecular formula is C42H63BN4O8. The third-order valence-corrected chi connectivity index (χ3v) is 13.5. The number of alkyl carbamates (subject to hydrolysis) is 1. The first kappa shape index (κ1) is 39.9. The van der Waals surface area contributed by atoms with Gasteiger partial charge < -0.3 is 34.3 Å². The van der Waals surface area contributed by atoms with E-state index in [1.54, 1.807) is 4.90 Å². The molecule has 6 fully saturated rings. The van der Waals surface area contributed by atoms with Gasteiger partial charge in [0.25, 0.3) is 0 Å². The van der Waals surface area contributed by atoms with Crippen molar-refractivity contribution >= 4 is 31.1 Å². The zero-order valence-electron chi connectivity index (χ0n) is 34.4. The minimum absolute atomic E-state index is 0.0107. The molecule has 2 bridgehead atoms. The summed E-state index contributed by atoms with van der Waals surface area (Å²) in [6, 6.07) is 5.95. The van der Waals surface area contributed by atoms with E-state index < -0.39 is 60.4 Å². The summed E-state index contributed by atoms with van der Waals surface area (Å²) in [4.78, 5) is 59.0. The Balaban J connectivity index is 1.10. The van der Waals surface area contributed by atoms with Gasteiger partial charge in [0.1, 0.15) is 18.2 Å². The number of nitrogens with zero attached hydrogens (tertiary/aromatic N) is 2. The fourth-order valence-electron chi connectivity index (χ4n) is 9.83. The van der Waals surface area contributed by atoms with Crippen LogP contribution < -0.4 is 10.6 Å². The molecule has 0 radical (unpaired) electrons. The van der Waals surface area contributed by atoms with Gasteiger partial charge in [-0.15, -0.1) is 0 Å². The average molecular weight is 763 g/mol. The molecule has 55 heavy (non-hydrogen) atoms. The van der Waals surface area contributed by atoms with Crippen molar-refractivity contribution in [2.45, 2.75) is 156 Å². The monoisotopic (exact) mass is 762 g/mol. The summed E-state index contributed by atoms with van der Waals surface area (Å²) < 4.78 is 25.2. The van der Waals surface area contributed by atoms with Crippen molar-refractivity contribution in [1.82, 2.24) is 20.4 Å². The molecule has 13 heteroatoms. The summed E-state index contributed by atoms with van der Waals surface area (Å²) >= 11 is 0. The quantitative estimate of drug-likeness (QED) is 0.283. The molecule has 1 aromatic rings. The Morgan fingerprint density at radius 3 is 2.24 bits per heavy atom. The first-order chi connectivity index (χ1) is 25.7. The van der Waals surface area contributed by atoms with Gasteiger partial charge in [0, 0.05) is 19.5 Å². The van der Waals surface area contributed by atoms with Gasteiger partial charge in [-0.05, 0) is 71.3 Å². The van der Waals surface area contributed by atoms with Gasteiger partial charge >= 0.3 is 19.3 Å². The smallest absolute Gasteiger partial charge is 0.449 e. The SMILES string of the molecule is CC(C)(C)COC(=O)N[C@H](C(=O)N1C[C@H](OC(=O)N2Cc3ccccc3C2)C[C@H]1C(=O)N[C@@H](CC1CCC1)B1O[C@H]2[C@H]3C[C@@H](C[C@@]2(C)O1)C3(C)C)C(C)(C)C. The third kappa shape index (κ3) is 8.11. The van der Waals surface area contributed by atoms with Crippen molar-refractivity contribution < 1.29 is 38.0 Å². The van der Waals surface area contributed by atoms with E-state index in [4.69, 9.17) is 18.8 Å². The average Bonchev–Trinajstić information content (AvgIpc) is 3.80. The molecule has 12 nitrogen and oxygen atoms in total. The highest BCUT2D eigenvalue weighted by Crippen LogP contribution is 2.64. The predicted octanol–water partition coefficient (Wildman–Crippen LogP) is 6.24. The number of amides is 4. The lowest BCUT2D eigenvalue weighted by molar-refractivity contribution is -0.185. The molecule has 4 amide bonds. The fourth-order valence-corrected chi connectivity index (χ4v) is 9.83. The Morgan fingerprint density at radius 1 is 0.982 bits per heavy atom. The molecule has 3 aliphatic heterocycles. The maximum Gasteiger partial charge on any atom is 0.481 e. The van der Waals surface area contributed by atoms with Crippen molar-refractivity contribution in [1.29, 1.82) is 0 Å². The lowest BCUT2D eigenvalue weighted by Gasteiger charge is -2.63. The second kappa shape index (κ2) is 14.6. The van der Waals surface area contributed by atoms with Crippen LogP contribution in [-0.4, -0.2) is 89.9 Å². The zero-order chi connectivity index (χ0) is 39.7. The van der Waals surface area contributed by atoms with E-state index in [0.717, 1.165) is 49.7 Å². The maximum atomic E-state index is 14.6. The van der Waals surface area contributed by atoms with Gasteiger partial charge in [-0.3, -0.25) is 14.5 Å². The topological polar surface area (TPSA) is 136 Å². The number of benzene rings is 1. The van der Waals surface area contributed by atoms with E-state index >= 15 is 0 Å². The fraction of sp³-hybridized carbons (Fsp3) is 0.762. The number of rotatable bonds is 9. The predicted molar refractivity (Wildman–Crippen MR) is 207 cm³/mol. The van der Waals surface area contributed by atoms with Crippen LogP contribution in [0.2, 0.25) is 0 Å². The lowest BCUT2D eigenvalue weighted by Crippen LogP contribution is -2.63. The van der Waals surface area contributed by atoms with Crippen LogP contribution in [0.5, 0.6) is 0 Å². The van der Waals surface area contributed by atoms with Gasteiger partial charge in [-0.1, -0.05) is 98.9 Å². The lowest BCUT2D eigenvalue weighted by atomic mass is 9.45. The molecule has 0 unspecified atom stereocenters. The van der Waals surface area contributed by atoms with E-state index in [1.807, 2.05) is 65.8 Å². The number of carbonyl (C=O) groups is 4. The van der Waals surface area contributed by atoms with E-state index in [0.29, 0.717) is 30.8 Å². The van der Waals surface area contributed by atoms with E-state index in [2.05, 4.69) is 31.4 Å². The van der Waals surface area contributed by atoms with Crippen molar-refractivity contribution in [3.05, 3.63) is 35.4 Å². The van der Waals surface area contributed by atoms with Crippen LogP contribution in [0, 0.1) is 34.0 Å². The van der Waals surface area contributed by atoms with Gasteiger partial charge in [0.05, 0.1) is 30.8 Å². The van der Waals surface area contributed by atoms with Crippen molar-refractivity contribution in [2.75, 3.05) is 13.2 Å². The van der Waals surface area contributed by atoms with Crippen LogP contribution in [0.15, 0.2) is 24.3 Å². The number of carbonyl (C=O) groups excluding carboxylic acids is 4. The van der Waals surface area contributed by atoms with E-state index in [9.17, 15) is 19.2 Å². The first-order valence-corrected chi connectivity index (χ1v) is 20.6. The van der Waals surface area contributed by atoms with Gasteiger partial charge in [0.2, 0.25) is 11.8 Å². The summed E-state index contributed by atoms with van der Waals surface area (Å²) in [7, 11) is -0.604. The number of hydrogen-bond donors (Lipinski definition) is 2. The van der Waals surface area contributed by atoms with Crippen LogP contribution in [-0.2, 0) is 41.5 Å². The van der Waals surface area contributed by atoms with Crippen LogP contribution >= 0.6 is 0 Å². The number of nitrogens with one attached hydrogen (secondary N) is 2. The second-order valence-corrected chi connectivity index (χ2v) is 20.5. The Hall–Kier alpha value is -3.32. The third-order valence-electron chi connectivity index (χ3n) is 13.5. The van der Waals surface area contributed by atoms with Gasteiger partial charge in [-0.2, -0.15) is 0 Å². The largest absolute Gasteiger partial charge is 0.481 e. The molecule has 2 saturated heterocycles. The molecule has 4 aliphatic carbocycles. The van der Waals surface area contributed by atoms with Crippen LogP contribution in [0.4, 0.5) is 9.59 Å². The summed E-state index contributed by atoms with van der Waals surface area (Å²) in [5, 5.41) is 6.12. The summed E-state index contributed by atoms with van der Waals surface area (Å²) in [6.07, 6.45) is 4.29. The highest BCUT2D eigenvalue weighted by molar-refractivity contribution is 6.48. The maximum absolute atomic E-state index is 14.6. The summed E-state index contributed by atoms with van der Waals surface area (Å²) in [6.45, 7) is 19.3. The van der Waals surface area contributed by atoms with E-state index in [-0.39, 0.29) is 42.4 Å². The zero-order valence-corrected chi connectivity index (χ0v) is 34.4. The molecular weight excluding hydrogens is 699 g/mol. The minimum atomic E-state index is -1.01. The van der Waals surface area contributed by atoms with Crippen LogP contribution in [0.1, 0.15) is 118 Å². The Bertz CT molecular complexity index is 1630. The van der Waals surface area contributed by atoms with Crippen molar-refractivity contribution in [3.8, 4) is 0 Å². The number of hydrogen-bond acceptors (Lipinski definition) is 8. The van der Waals surface area contributed by atoms with Crippen LogP contribution in [0.25, 0.3) is 0 Å². The van der Waals surface area contributed by atoms with Gasteiger partial charge in [-0.25, -0.2) is 9.59 Å². The number of likely N-dealkylation sites (tertiary alicyclic amines) is 1. The Kier molecular flexibility index (Phi) is 10.6. The molecule has 3 heterocycles. The normalized spacial score (nSPS) is 30.7. The molecule has 0 spiro atoms. The van der Waals surface area contributed by atoms with Crippen molar-refractivity contribution in [2.24, 2.45) is 34.0 Å². The molecule has 7 aliphatic rings. The van der Waals surface area contributed by atoms with E-state index in [1.165, 1.54) is 4.90 Å². The standard InChI is InChI=1S/C42H63BN4O8/c1-39(2,3)24-52-37(50)45-33(40(4,5)6)36(49)47-23-29(53-38(51)46-21-26-15-10-11-16-27(26)22-46)19-31(47)35(48)44-32(17-25-13-12-14-25)43-54-34-30-18-28(41(30,7)8)20-42(34,9)55-43/h10-11,15-16,25,28-34H,12-14,17-24H2,1-9H3,(H,44,48)(H,45,50)/t28-,29+,30+,31-,32-,33+,34-,42+/m0/s1. The first-order valence-electron chi connectivity index (χ1n) is 20.6. The van der Waals surface area contributed by atoms with Gasteiger partial charge in [0.15, 0.2) is 0 Å². The summed E-state index contributed by atoms with van der Waals surface area (Å²) in [5.74, 6) is 0.252. The number of fused-ring (bicyclic) bond motifs is 1. The van der Waals surface area contributed by atoms with Crippen molar-refractivity contribution in [3.63, 3.8) is 0 Å². The molecule has 8 rings (SSSR count).